The average molecular weight is 370 g/mol. The van der Waals surface area contributed by atoms with Gasteiger partial charge < -0.3 is 14.2 Å². The van der Waals surface area contributed by atoms with Crippen LogP contribution < -0.4 is 18.5 Å². The first-order chi connectivity index (χ1) is 11.4. The molecule has 0 bridgehead atoms. The van der Waals surface area contributed by atoms with Gasteiger partial charge in [0, 0.05) is 13.1 Å². The van der Waals surface area contributed by atoms with E-state index < -0.39 is 10.0 Å². The van der Waals surface area contributed by atoms with Crippen LogP contribution in [0.15, 0.2) is 41.3 Å². The van der Waals surface area contributed by atoms with Crippen LogP contribution in [0.4, 0.5) is 5.69 Å². The Kier molecular flexibility index (Phi) is 4.47. The molecule has 0 aliphatic carbocycles. The van der Waals surface area contributed by atoms with Crippen molar-refractivity contribution < 1.29 is 22.6 Å². The number of sulfonamides is 1. The standard InChI is InChI=1S/C16H16ClNO5S/c1-18(11-3-5-15-16(9-11)23-8-7-22-15)24(19,20)12-4-6-14(21-2)13(17)10-12/h3-6,9-10H,7-8H2,1-2H3. The molecule has 1 aliphatic heterocycles. The lowest BCUT2D eigenvalue weighted by molar-refractivity contribution is 0.171. The molecule has 0 saturated carbocycles. The quantitative estimate of drug-likeness (QED) is 0.829. The van der Waals surface area contributed by atoms with Crippen LogP contribution >= 0.6 is 11.6 Å². The molecular formula is C16H16ClNO5S. The number of methoxy groups -OCH3 is 1. The molecule has 2 aromatic rings. The summed E-state index contributed by atoms with van der Waals surface area (Å²) in [5, 5.41) is 0.231. The summed E-state index contributed by atoms with van der Waals surface area (Å²) < 4.78 is 42.8. The van der Waals surface area contributed by atoms with Crippen molar-refractivity contribution in [3.05, 3.63) is 41.4 Å². The Bertz CT molecular complexity index is 869. The molecule has 1 aliphatic rings. The maximum absolute atomic E-state index is 12.8. The Hall–Kier alpha value is -2.12. The zero-order valence-electron chi connectivity index (χ0n) is 13.2. The molecule has 0 saturated heterocycles. The van der Waals surface area contributed by atoms with Gasteiger partial charge in [0.2, 0.25) is 0 Å². The van der Waals surface area contributed by atoms with Crippen LogP contribution in [0.25, 0.3) is 0 Å². The van der Waals surface area contributed by atoms with E-state index in [1.165, 1.54) is 36.7 Å². The van der Waals surface area contributed by atoms with Gasteiger partial charge in [-0.3, -0.25) is 4.31 Å². The predicted octanol–water partition coefficient (Wildman–Crippen LogP) is 2.94. The van der Waals surface area contributed by atoms with Gasteiger partial charge in [-0.25, -0.2) is 8.42 Å². The monoisotopic (exact) mass is 369 g/mol. The molecule has 24 heavy (non-hydrogen) atoms. The molecule has 2 aromatic carbocycles. The Balaban J connectivity index is 1.96. The Morgan fingerprint density at radius 1 is 1.08 bits per heavy atom. The highest BCUT2D eigenvalue weighted by atomic mass is 35.5. The SMILES string of the molecule is COc1ccc(S(=O)(=O)N(C)c2ccc3c(c2)OCCO3)cc1Cl. The van der Waals surface area contributed by atoms with E-state index in [0.717, 1.165) is 0 Å². The van der Waals surface area contributed by atoms with Crippen LogP contribution in [0.3, 0.4) is 0 Å². The molecule has 0 aromatic heterocycles. The van der Waals surface area contributed by atoms with Gasteiger partial charge in [0.15, 0.2) is 11.5 Å². The number of rotatable bonds is 4. The van der Waals surface area contributed by atoms with E-state index in [1.807, 2.05) is 0 Å². The second-order valence-electron chi connectivity index (χ2n) is 5.10. The summed E-state index contributed by atoms with van der Waals surface area (Å²) in [6.45, 7) is 0.909. The minimum absolute atomic E-state index is 0.0747. The van der Waals surface area contributed by atoms with Crippen molar-refractivity contribution in [2.45, 2.75) is 4.90 Å². The molecule has 0 amide bonds. The van der Waals surface area contributed by atoms with Gasteiger partial charge in [-0.05, 0) is 30.3 Å². The number of ether oxygens (including phenoxy) is 3. The first kappa shape index (κ1) is 16.7. The van der Waals surface area contributed by atoms with Crippen LogP contribution in [-0.4, -0.2) is 35.8 Å². The van der Waals surface area contributed by atoms with Gasteiger partial charge in [0.25, 0.3) is 10.0 Å². The fourth-order valence-electron chi connectivity index (χ4n) is 2.33. The van der Waals surface area contributed by atoms with E-state index in [2.05, 4.69) is 0 Å². The molecule has 0 N–H and O–H groups in total. The van der Waals surface area contributed by atoms with Crippen molar-refractivity contribution in [3.8, 4) is 17.2 Å². The van der Waals surface area contributed by atoms with E-state index in [0.29, 0.717) is 36.1 Å². The molecule has 8 heteroatoms. The number of fused-ring (bicyclic) bond motifs is 1. The van der Waals surface area contributed by atoms with Gasteiger partial charge in [0.05, 0.1) is 22.7 Å². The number of hydrogen-bond donors (Lipinski definition) is 0. The lowest BCUT2D eigenvalue weighted by Crippen LogP contribution is -2.27. The smallest absolute Gasteiger partial charge is 0.264 e. The maximum Gasteiger partial charge on any atom is 0.264 e. The molecule has 3 rings (SSSR count). The third-order valence-electron chi connectivity index (χ3n) is 3.67. The molecule has 6 nitrogen and oxygen atoms in total. The zero-order chi connectivity index (χ0) is 17.3. The molecule has 0 spiro atoms. The summed E-state index contributed by atoms with van der Waals surface area (Å²) >= 11 is 6.04. The normalized spacial score (nSPS) is 13.5. The lowest BCUT2D eigenvalue weighted by Gasteiger charge is -2.23. The first-order valence-corrected chi connectivity index (χ1v) is 8.97. The van der Waals surface area contributed by atoms with E-state index in [9.17, 15) is 8.42 Å². The summed E-state index contributed by atoms with van der Waals surface area (Å²) in [6, 6.07) is 9.33. The fourth-order valence-corrected chi connectivity index (χ4v) is 3.87. The Morgan fingerprint density at radius 3 is 2.46 bits per heavy atom. The van der Waals surface area contributed by atoms with Crippen LogP contribution in [0.1, 0.15) is 0 Å². The summed E-state index contributed by atoms with van der Waals surface area (Å²) in [6.07, 6.45) is 0. The minimum atomic E-state index is -3.77. The fraction of sp³-hybridized carbons (Fsp3) is 0.250. The second-order valence-corrected chi connectivity index (χ2v) is 7.47. The van der Waals surface area contributed by atoms with Crippen LogP contribution in [-0.2, 0) is 10.0 Å². The Labute approximate surface area is 145 Å². The van der Waals surface area contributed by atoms with Gasteiger partial charge in [-0.15, -0.1) is 0 Å². The summed E-state index contributed by atoms with van der Waals surface area (Å²) in [4.78, 5) is 0.0747. The molecule has 0 atom stereocenters. The zero-order valence-corrected chi connectivity index (χ0v) is 14.7. The third kappa shape index (κ3) is 2.97. The van der Waals surface area contributed by atoms with Crippen molar-refractivity contribution in [2.24, 2.45) is 0 Å². The first-order valence-electron chi connectivity index (χ1n) is 7.15. The molecule has 0 radical (unpaired) electrons. The third-order valence-corrected chi connectivity index (χ3v) is 5.75. The highest BCUT2D eigenvalue weighted by molar-refractivity contribution is 7.92. The van der Waals surface area contributed by atoms with Gasteiger partial charge in [-0.2, -0.15) is 0 Å². The largest absolute Gasteiger partial charge is 0.495 e. The van der Waals surface area contributed by atoms with E-state index in [4.69, 9.17) is 25.8 Å². The van der Waals surface area contributed by atoms with Crippen molar-refractivity contribution in [1.29, 1.82) is 0 Å². The number of halogens is 1. The van der Waals surface area contributed by atoms with Crippen LogP contribution in [0.5, 0.6) is 17.2 Å². The van der Waals surface area contributed by atoms with Gasteiger partial charge >= 0.3 is 0 Å². The number of hydrogen-bond acceptors (Lipinski definition) is 5. The van der Waals surface area contributed by atoms with Crippen LogP contribution in [0.2, 0.25) is 5.02 Å². The highest BCUT2D eigenvalue weighted by Gasteiger charge is 2.24. The molecule has 128 valence electrons. The summed E-state index contributed by atoms with van der Waals surface area (Å²) in [5.74, 6) is 1.54. The maximum atomic E-state index is 12.8. The summed E-state index contributed by atoms with van der Waals surface area (Å²) in [7, 11) is -0.829. The molecule has 0 unspecified atom stereocenters. The van der Waals surface area contributed by atoms with Crippen molar-refractivity contribution in [1.82, 2.24) is 0 Å². The number of benzene rings is 2. The van der Waals surface area contributed by atoms with E-state index in [1.54, 1.807) is 18.2 Å². The molecule has 0 fully saturated rings. The second kappa shape index (κ2) is 6.41. The van der Waals surface area contributed by atoms with Gasteiger partial charge in [-0.1, -0.05) is 11.6 Å². The highest BCUT2D eigenvalue weighted by Crippen LogP contribution is 2.36. The topological polar surface area (TPSA) is 65.1 Å². The van der Waals surface area contributed by atoms with Crippen molar-refractivity contribution in [3.63, 3.8) is 0 Å². The Morgan fingerprint density at radius 2 is 1.79 bits per heavy atom. The number of anilines is 1. The average Bonchev–Trinajstić information content (AvgIpc) is 2.60. The van der Waals surface area contributed by atoms with E-state index >= 15 is 0 Å². The van der Waals surface area contributed by atoms with Crippen LogP contribution in [0, 0.1) is 0 Å². The van der Waals surface area contributed by atoms with E-state index in [-0.39, 0.29) is 9.92 Å². The summed E-state index contributed by atoms with van der Waals surface area (Å²) in [5.41, 5.74) is 0.464. The number of nitrogens with zero attached hydrogens (tertiary/aromatic N) is 1. The lowest BCUT2D eigenvalue weighted by atomic mass is 10.2. The minimum Gasteiger partial charge on any atom is -0.495 e. The molecule has 1 heterocycles. The van der Waals surface area contributed by atoms with Crippen molar-refractivity contribution >= 4 is 27.3 Å². The predicted molar refractivity (Wildman–Crippen MR) is 91.0 cm³/mol. The molecular weight excluding hydrogens is 354 g/mol. The van der Waals surface area contributed by atoms with Gasteiger partial charge in [0.1, 0.15) is 19.0 Å². The van der Waals surface area contributed by atoms with Crippen molar-refractivity contribution in [2.75, 3.05) is 31.7 Å².